The van der Waals surface area contributed by atoms with Crippen molar-refractivity contribution in [2.24, 2.45) is 0 Å². The summed E-state index contributed by atoms with van der Waals surface area (Å²) in [5.41, 5.74) is 2.21. The van der Waals surface area contributed by atoms with Gasteiger partial charge in [0, 0.05) is 50.3 Å². The number of carbonyl (C=O) groups is 1. The summed E-state index contributed by atoms with van der Waals surface area (Å²) in [5, 5.41) is 9.62. The average molecular weight is 427 g/mol. The third-order valence-electron chi connectivity index (χ3n) is 5.94. The Balaban J connectivity index is 0.000000334. The first kappa shape index (κ1) is 21.3. The zero-order chi connectivity index (χ0) is 22.0. The van der Waals surface area contributed by atoms with E-state index in [1.165, 1.54) is 12.8 Å². The molecule has 2 aliphatic rings. The number of ether oxygens (including phenoxy) is 1. The van der Waals surface area contributed by atoms with Crippen LogP contribution in [0.2, 0.25) is 0 Å². The normalized spacial score (nSPS) is 17.6. The average Bonchev–Trinajstić information content (AvgIpc) is 3.19. The lowest BCUT2D eigenvalue weighted by Gasteiger charge is -2.31. The minimum Gasteiger partial charge on any atom is -0.379 e. The number of piperazine rings is 1. The molecule has 1 aliphatic carbocycles. The Morgan fingerprint density at radius 3 is 2.52 bits per heavy atom. The summed E-state index contributed by atoms with van der Waals surface area (Å²) < 4.78 is 12.5. The fraction of sp³-hybridized carbons (Fsp3) is 0.545. The van der Waals surface area contributed by atoms with Gasteiger partial charge in [-0.1, -0.05) is 6.07 Å². The number of hydrogen-bond donors (Lipinski definition) is 0. The lowest BCUT2D eigenvalue weighted by Crippen LogP contribution is -2.46. The van der Waals surface area contributed by atoms with Gasteiger partial charge in [-0.2, -0.15) is 10.1 Å². The highest BCUT2D eigenvalue weighted by atomic mass is 16.5. The first-order valence-corrected chi connectivity index (χ1v) is 10.7. The summed E-state index contributed by atoms with van der Waals surface area (Å²) in [4.78, 5) is 19.1. The van der Waals surface area contributed by atoms with Gasteiger partial charge in [-0.15, -0.1) is 0 Å². The Bertz CT molecular complexity index is 1030. The van der Waals surface area contributed by atoms with E-state index in [1.54, 1.807) is 12.0 Å². The lowest BCUT2D eigenvalue weighted by atomic mass is 10.1. The predicted octanol–water partition coefficient (Wildman–Crippen LogP) is 3.13. The van der Waals surface area contributed by atoms with Gasteiger partial charge in [0.05, 0.1) is 17.3 Å². The molecule has 2 aromatic heterocycles. The Labute approximate surface area is 181 Å². The molecular formula is C22H30N6O3. The van der Waals surface area contributed by atoms with Crippen LogP contribution < -0.4 is 4.90 Å². The van der Waals surface area contributed by atoms with Crippen molar-refractivity contribution in [1.29, 1.82) is 0 Å². The molecule has 1 saturated carbocycles. The Kier molecular flexibility index (Phi) is 5.95. The predicted molar refractivity (Wildman–Crippen MR) is 118 cm³/mol. The number of nitrogens with zero attached hydrogens (tertiary/aromatic N) is 6. The van der Waals surface area contributed by atoms with Gasteiger partial charge >= 0.3 is 0 Å². The number of fused-ring (bicyclic) bond motifs is 1. The lowest BCUT2D eigenvalue weighted by molar-refractivity contribution is -0.118. The largest absolute Gasteiger partial charge is 0.379 e. The standard InChI is InChI=1S/C17H20N6O2.C5H10O/c1-12(2)23-15-9-13(3-4-14(15)10-18-23)16-19-17(20-25-16)22-7-5-21(11-24)6-8-22;1-5(6-2)3-4-5/h3-4,9-12H,5-8H2,1-2H3;3-4H2,1-2H3. The maximum atomic E-state index is 10.8. The van der Waals surface area contributed by atoms with E-state index in [0.717, 1.165) is 22.9 Å². The van der Waals surface area contributed by atoms with Crippen LogP contribution in [-0.2, 0) is 9.53 Å². The van der Waals surface area contributed by atoms with Crippen LogP contribution in [0.15, 0.2) is 28.9 Å². The molecule has 1 saturated heterocycles. The SMILES string of the molecule is CC(C)n1ncc2ccc(-c3nc(N4CCN(C=O)CC4)no3)cc21.COC1(C)CC1. The molecule has 0 N–H and O–H groups in total. The van der Waals surface area contributed by atoms with Crippen molar-refractivity contribution < 1.29 is 14.1 Å². The van der Waals surface area contributed by atoms with Crippen LogP contribution in [0, 0.1) is 0 Å². The number of benzene rings is 1. The summed E-state index contributed by atoms with van der Waals surface area (Å²) in [6, 6.07) is 6.30. The summed E-state index contributed by atoms with van der Waals surface area (Å²) >= 11 is 0. The van der Waals surface area contributed by atoms with Crippen molar-refractivity contribution in [2.45, 2.75) is 45.3 Å². The van der Waals surface area contributed by atoms with Gasteiger partial charge in [0.2, 0.25) is 6.41 Å². The van der Waals surface area contributed by atoms with Crippen molar-refractivity contribution >= 4 is 23.3 Å². The first-order valence-electron chi connectivity index (χ1n) is 10.7. The number of aromatic nitrogens is 4. The highest BCUT2D eigenvalue weighted by molar-refractivity contribution is 5.83. The van der Waals surface area contributed by atoms with E-state index in [-0.39, 0.29) is 6.04 Å². The van der Waals surface area contributed by atoms with E-state index in [9.17, 15) is 4.79 Å². The maximum Gasteiger partial charge on any atom is 0.266 e. The van der Waals surface area contributed by atoms with Crippen LogP contribution in [0.25, 0.3) is 22.4 Å². The Morgan fingerprint density at radius 2 is 1.94 bits per heavy atom. The summed E-state index contributed by atoms with van der Waals surface area (Å²) in [7, 11) is 1.77. The van der Waals surface area contributed by atoms with Gasteiger partial charge in [-0.25, -0.2) is 0 Å². The van der Waals surface area contributed by atoms with Crippen LogP contribution in [0.4, 0.5) is 5.95 Å². The van der Waals surface area contributed by atoms with Crippen LogP contribution >= 0.6 is 0 Å². The highest BCUT2D eigenvalue weighted by Gasteiger charge is 2.36. The molecule has 0 atom stereocenters. The molecule has 1 aromatic carbocycles. The number of amides is 1. The fourth-order valence-electron chi connectivity index (χ4n) is 3.45. The second-order valence-electron chi connectivity index (χ2n) is 8.64. The molecular weight excluding hydrogens is 396 g/mol. The molecule has 31 heavy (non-hydrogen) atoms. The molecule has 0 radical (unpaired) electrons. The monoisotopic (exact) mass is 426 g/mol. The second-order valence-corrected chi connectivity index (χ2v) is 8.64. The molecule has 5 rings (SSSR count). The third-order valence-corrected chi connectivity index (χ3v) is 5.94. The van der Waals surface area contributed by atoms with E-state index in [4.69, 9.17) is 9.26 Å². The molecule has 0 bridgehead atoms. The van der Waals surface area contributed by atoms with E-state index in [1.807, 2.05) is 34.0 Å². The number of methoxy groups -OCH3 is 1. The van der Waals surface area contributed by atoms with E-state index in [0.29, 0.717) is 43.6 Å². The van der Waals surface area contributed by atoms with E-state index >= 15 is 0 Å². The number of rotatable bonds is 5. The van der Waals surface area contributed by atoms with Crippen LogP contribution in [0.5, 0.6) is 0 Å². The molecule has 9 nitrogen and oxygen atoms in total. The molecule has 0 spiro atoms. The van der Waals surface area contributed by atoms with E-state index in [2.05, 4.69) is 36.0 Å². The zero-order valence-electron chi connectivity index (χ0n) is 18.6. The number of anilines is 1. The summed E-state index contributed by atoms with van der Waals surface area (Å²) in [6.45, 7) is 9.09. The van der Waals surface area contributed by atoms with Gasteiger partial charge < -0.3 is 19.1 Å². The molecule has 9 heteroatoms. The van der Waals surface area contributed by atoms with Crippen LogP contribution in [0.1, 0.15) is 39.7 Å². The summed E-state index contributed by atoms with van der Waals surface area (Å²) in [5.74, 6) is 1.06. The minimum atomic E-state index is 0.278. The Hall–Kier alpha value is -2.94. The van der Waals surface area contributed by atoms with Gasteiger partial charge in [-0.3, -0.25) is 9.48 Å². The third kappa shape index (κ3) is 4.71. The molecule has 1 amide bonds. The van der Waals surface area contributed by atoms with Crippen LogP contribution in [0.3, 0.4) is 0 Å². The first-order chi connectivity index (χ1) is 14.9. The minimum absolute atomic E-state index is 0.278. The topological polar surface area (TPSA) is 89.5 Å². The van der Waals surface area contributed by atoms with Gasteiger partial charge in [0.1, 0.15) is 0 Å². The van der Waals surface area contributed by atoms with Crippen LogP contribution in [-0.4, -0.2) is 70.1 Å². The van der Waals surface area contributed by atoms with Crippen molar-refractivity contribution in [1.82, 2.24) is 24.8 Å². The second kappa shape index (κ2) is 8.66. The van der Waals surface area contributed by atoms with Gasteiger partial charge in [-0.05, 0) is 50.9 Å². The number of hydrogen-bond acceptors (Lipinski definition) is 7. The molecule has 1 aliphatic heterocycles. The Morgan fingerprint density at radius 1 is 1.19 bits per heavy atom. The van der Waals surface area contributed by atoms with Crippen molar-refractivity contribution in [3.63, 3.8) is 0 Å². The summed E-state index contributed by atoms with van der Waals surface area (Å²) in [6.07, 6.45) is 5.25. The fourth-order valence-corrected chi connectivity index (χ4v) is 3.45. The van der Waals surface area contributed by atoms with E-state index < -0.39 is 0 Å². The highest BCUT2D eigenvalue weighted by Crippen LogP contribution is 2.37. The maximum absolute atomic E-state index is 10.8. The molecule has 3 aromatic rings. The molecule has 3 heterocycles. The van der Waals surface area contributed by atoms with Crippen molar-refractivity contribution in [3.05, 3.63) is 24.4 Å². The molecule has 166 valence electrons. The van der Waals surface area contributed by atoms with Gasteiger partial charge in [0.15, 0.2) is 0 Å². The van der Waals surface area contributed by atoms with Crippen molar-refractivity contribution in [3.8, 4) is 11.5 Å². The van der Waals surface area contributed by atoms with Gasteiger partial charge in [0.25, 0.3) is 11.8 Å². The quantitative estimate of drug-likeness (QED) is 0.579. The zero-order valence-corrected chi connectivity index (χ0v) is 18.6. The smallest absolute Gasteiger partial charge is 0.266 e. The van der Waals surface area contributed by atoms with Crippen molar-refractivity contribution in [2.75, 3.05) is 38.2 Å². The molecule has 2 fully saturated rings. The number of carbonyl (C=O) groups excluding carboxylic acids is 1. The molecule has 0 unspecified atom stereocenters.